The Balaban J connectivity index is 2.02. The van der Waals surface area contributed by atoms with Crippen LogP contribution in [0.25, 0.3) is 0 Å². The van der Waals surface area contributed by atoms with Crippen molar-refractivity contribution < 1.29 is 9.13 Å². The fourth-order valence-corrected chi connectivity index (χ4v) is 1.57. The Morgan fingerprint density at radius 3 is 2.38 bits per heavy atom. The molecule has 2 aromatic rings. The molecule has 0 saturated carbocycles. The summed E-state index contributed by atoms with van der Waals surface area (Å²) in [6, 6.07) is 14.1. The van der Waals surface area contributed by atoms with Gasteiger partial charge in [0.2, 0.25) is 0 Å². The number of hydrogen-bond acceptors (Lipinski definition) is 1. The second-order valence-corrected chi connectivity index (χ2v) is 4.26. The molecule has 0 radical (unpaired) electrons. The first-order valence-corrected chi connectivity index (χ1v) is 5.67. The van der Waals surface area contributed by atoms with Crippen molar-refractivity contribution in [3.63, 3.8) is 0 Å². The molecule has 0 amide bonds. The van der Waals surface area contributed by atoms with Gasteiger partial charge in [-0.25, -0.2) is 4.39 Å². The molecule has 0 aromatic heterocycles. The Morgan fingerprint density at radius 2 is 1.69 bits per heavy atom. The summed E-state index contributed by atoms with van der Waals surface area (Å²) in [5.41, 5.74) is 1.01. The average molecular weight is 281 g/mol. The van der Waals surface area contributed by atoms with Gasteiger partial charge >= 0.3 is 0 Å². The molecule has 82 valence electrons. The van der Waals surface area contributed by atoms with Gasteiger partial charge in [0.15, 0.2) is 11.6 Å². The summed E-state index contributed by atoms with van der Waals surface area (Å²) in [5, 5.41) is 0. The van der Waals surface area contributed by atoms with Gasteiger partial charge < -0.3 is 4.74 Å². The van der Waals surface area contributed by atoms with E-state index in [1.807, 2.05) is 24.3 Å². The molecule has 0 bridgehead atoms. The summed E-state index contributed by atoms with van der Waals surface area (Å²) in [4.78, 5) is 0. The lowest BCUT2D eigenvalue weighted by atomic mass is 10.2. The smallest absolute Gasteiger partial charge is 0.165 e. The van der Waals surface area contributed by atoms with Gasteiger partial charge in [0.05, 0.1) is 0 Å². The lowest BCUT2D eigenvalue weighted by molar-refractivity contribution is 0.290. The summed E-state index contributed by atoms with van der Waals surface area (Å²) in [7, 11) is 0. The lowest BCUT2D eigenvalue weighted by Crippen LogP contribution is -1.96. The van der Waals surface area contributed by atoms with Crippen LogP contribution in [0.1, 0.15) is 5.56 Å². The third-order valence-corrected chi connectivity index (χ3v) is 2.67. The van der Waals surface area contributed by atoms with Gasteiger partial charge in [0.25, 0.3) is 0 Å². The molecule has 0 heterocycles. The van der Waals surface area contributed by atoms with Gasteiger partial charge in [-0.2, -0.15) is 0 Å². The maximum absolute atomic E-state index is 13.2. The van der Waals surface area contributed by atoms with Crippen molar-refractivity contribution in [1.29, 1.82) is 0 Å². The van der Waals surface area contributed by atoms with Crippen molar-refractivity contribution in [1.82, 2.24) is 0 Å². The van der Waals surface area contributed by atoms with Crippen LogP contribution >= 0.6 is 15.9 Å². The predicted molar refractivity (Wildman–Crippen MR) is 64.9 cm³/mol. The number of hydrogen-bond donors (Lipinski definition) is 0. The van der Waals surface area contributed by atoms with Crippen LogP contribution in [-0.4, -0.2) is 0 Å². The predicted octanol–water partition coefficient (Wildman–Crippen LogP) is 4.17. The Hall–Kier alpha value is -1.35. The Kier molecular flexibility index (Phi) is 3.57. The minimum Gasteiger partial charge on any atom is -0.486 e. The van der Waals surface area contributed by atoms with Gasteiger partial charge in [-0.3, -0.25) is 0 Å². The second-order valence-electron chi connectivity index (χ2n) is 3.35. The van der Waals surface area contributed by atoms with E-state index >= 15 is 0 Å². The molecule has 3 heteroatoms. The van der Waals surface area contributed by atoms with E-state index in [0.29, 0.717) is 6.61 Å². The van der Waals surface area contributed by atoms with E-state index in [1.165, 1.54) is 6.07 Å². The highest BCUT2D eigenvalue weighted by Gasteiger charge is 2.01. The molecule has 0 aliphatic rings. The van der Waals surface area contributed by atoms with Gasteiger partial charge in [0, 0.05) is 4.47 Å². The molecule has 0 N–H and O–H groups in total. The van der Waals surface area contributed by atoms with Crippen molar-refractivity contribution in [3.8, 4) is 5.75 Å². The third-order valence-electron chi connectivity index (χ3n) is 2.14. The van der Waals surface area contributed by atoms with E-state index in [2.05, 4.69) is 15.9 Å². The molecule has 2 aromatic carbocycles. The fourth-order valence-electron chi connectivity index (χ4n) is 1.30. The largest absolute Gasteiger partial charge is 0.486 e. The lowest BCUT2D eigenvalue weighted by Gasteiger charge is -2.06. The van der Waals surface area contributed by atoms with Gasteiger partial charge in [-0.05, 0) is 29.8 Å². The highest BCUT2D eigenvalue weighted by atomic mass is 79.9. The van der Waals surface area contributed by atoms with Crippen molar-refractivity contribution in [2.24, 2.45) is 0 Å². The standard InChI is InChI=1S/C13H10BrFO/c14-11-7-5-10(6-8-11)9-16-13-4-2-1-3-12(13)15/h1-8H,9H2. The zero-order chi connectivity index (χ0) is 11.4. The summed E-state index contributed by atoms with van der Waals surface area (Å²) in [6.07, 6.45) is 0. The Bertz CT molecular complexity index is 468. The van der Waals surface area contributed by atoms with Crippen molar-refractivity contribution in [2.45, 2.75) is 6.61 Å². The van der Waals surface area contributed by atoms with Gasteiger partial charge in [-0.15, -0.1) is 0 Å². The molecule has 2 rings (SSSR count). The van der Waals surface area contributed by atoms with E-state index in [9.17, 15) is 4.39 Å². The molecular formula is C13H10BrFO. The maximum atomic E-state index is 13.2. The van der Waals surface area contributed by atoms with E-state index < -0.39 is 0 Å². The van der Waals surface area contributed by atoms with Crippen molar-refractivity contribution in [3.05, 3.63) is 64.4 Å². The molecule has 1 nitrogen and oxygen atoms in total. The first-order valence-electron chi connectivity index (χ1n) is 4.87. The fraction of sp³-hybridized carbons (Fsp3) is 0.0769. The van der Waals surface area contributed by atoms with Crippen LogP contribution in [0, 0.1) is 5.82 Å². The van der Waals surface area contributed by atoms with Crippen LogP contribution in [0.4, 0.5) is 4.39 Å². The summed E-state index contributed by atoms with van der Waals surface area (Å²) >= 11 is 3.35. The molecular weight excluding hydrogens is 271 g/mol. The van der Waals surface area contributed by atoms with Crippen molar-refractivity contribution in [2.75, 3.05) is 0 Å². The molecule has 0 unspecified atom stereocenters. The zero-order valence-electron chi connectivity index (χ0n) is 8.49. The van der Waals surface area contributed by atoms with E-state index in [4.69, 9.17) is 4.74 Å². The topological polar surface area (TPSA) is 9.23 Å². The molecule has 0 spiro atoms. The van der Waals surface area contributed by atoms with Gasteiger partial charge in [0.1, 0.15) is 6.61 Å². The number of halogens is 2. The first kappa shape index (κ1) is 11.1. The minimum atomic E-state index is -0.334. The number of para-hydroxylation sites is 1. The van der Waals surface area contributed by atoms with Crippen LogP contribution in [0.5, 0.6) is 5.75 Å². The Labute approximate surface area is 102 Å². The maximum Gasteiger partial charge on any atom is 0.165 e. The normalized spacial score (nSPS) is 10.1. The zero-order valence-corrected chi connectivity index (χ0v) is 10.1. The third kappa shape index (κ3) is 2.83. The number of benzene rings is 2. The van der Waals surface area contributed by atoms with E-state index in [-0.39, 0.29) is 11.6 Å². The monoisotopic (exact) mass is 280 g/mol. The highest BCUT2D eigenvalue weighted by Crippen LogP contribution is 2.18. The minimum absolute atomic E-state index is 0.283. The SMILES string of the molecule is Fc1ccccc1OCc1ccc(Br)cc1. The summed E-state index contributed by atoms with van der Waals surface area (Å²) in [5.74, 6) is -0.0509. The average Bonchev–Trinajstić information content (AvgIpc) is 2.30. The molecule has 0 aliphatic heterocycles. The van der Waals surface area contributed by atoms with Crippen LogP contribution in [0.2, 0.25) is 0 Å². The van der Waals surface area contributed by atoms with E-state index in [0.717, 1.165) is 10.0 Å². The number of rotatable bonds is 3. The van der Waals surface area contributed by atoms with Crippen LogP contribution < -0.4 is 4.74 Å². The molecule has 16 heavy (non-hydrogen) atoms. The van der Waals surface area contributed by atoms with Crippen molar-refractivity contribution >= 4 is 15.9 Å². The molecule has 0 saturated heterocycles. The van der Waals surface area contributed by atoms with E-state index in [1.54, 1.807) is 18.2 Å². The van der Waals surface area contributed by atoms with Crippen LogP contribution in [-0.2, 0) is 6.61 Å². The van der Waals surface area contributed by atoms with Gasteiger partial charge in [-0.1, -0.05) is 40.2 Å². The molecule has 0 aliphatic carbocycles. The number of ether oxygens (including phenoxy) is 1. The molecule has 0 fully saturated rings. The summed E-state index contributed by atoms with van der Waals surface area (Å²) < 4.78 is 19.6. The van der Waals surface area contributed by atoms with Crippen LogP contribution in [0.15, 0.2) is 53.0 Å². The second kappa shape index (κ2) is 5.12. The quantitative estimate of drug-likeness (QED) is 0.820. The molecule has 0 atom stereocenters. The van der Waals surface area contributed by atoms with Crippen LogP contribution in [0.3, 0.4) is 0 Å². The first-order chi connectivity index (χ1) is 7.75. The summed E-state index contributed by atoms with van der Waals surface area (Å²) in [6.45, 7) is 0.369. The highest BCUT2D eigenvalue weighted by molar-refractivity contribution is 9.10. The Morgan fingerprint density at radius 1 is 1.00 bits per heavy atom.